The fourth-order valence-corrected chi connectivity index (χ4v) is 3.37. The number of amides is 1. The Morgan fingerprint density at radius 2 is 2.09 bits per heavy atom. The second-order valence-electron chi connectivity index (χ2n) is 6.62. The van der Waals surface area contributed by atoms with Crippen LogP contribution in [0.25, 0.3) is 16.9 Å². The number of halogens is 4. The zero-order valence-electron chi connectivity index (χ0n) is 16.2. The summed E-state index contributed by atoms with van der Waals surface area (Å²) in [6.45, 7) is 0.615. The molecule has 1 aromatic carbocycles. The van der Waals surface area contributed by atoms with Crippen LogP contribution in [0.2, 0.25) is 5.02 Å². The maximum Gasteiger partial charge on any atom is 0.435 e. The number of H-pyrrole nitrogens is 1. The lowest BCUT2D eigenvalue weighted by Gasteiger charge is -2.10. The van der Waals surface area contributed by atoms with Crippen molar-refractivity contribution < 1.29 is 18.0 Å². The second-order valence-corrected chi connectivity index (χ2v) is 7.03. The van der Waals surface area contributed by atoms with Crippen LogP contribution in [-0.2, 0) is 6.18 Å². The van der Waals surface area contributed by atoms with Crippen LogP contribution < -0.4 is 16.4 Å². The van der Waals surface area contributed by atoms with Gasteiger partial charge in [-0.05, 0) is 18.2 Å². The first-order valence-electron chi connectivity index (χ1n) is 9.28. The predicted octanol–water partition coefficient (Wildman–Crippen LogP) is 3.22. The number of anilines is 2. The van der Waals surface area contributed by atoms with Gasteiger partial charge in [-0.1, -0.05) is 11.6 Å². The molecule has 3 aromatic heterocycles. The number of aromatic nitrogens is 5. The van der Waals surface area contributed by atoms with Crippen molar-refractivity contribution in [2.24, 2.45) is 5.73 Å². The van der Waals surface area contributed by atoms with E-state index in [1.165, 1.54) is 35.1 Å². The number of hydrogen-bond acceptors (Lipinski definition) is 6. The highest BCUT2D eigenvalue weighted by atomic mass is 35.5. The lowest BCUT2D eigenvalue weighted by Crippen LogP contribution is -2.29. The number of carbonyl (C=O) groups is 1. The Hall–Kier alpha value is -3.64. The van der Waals surface area contributed by atoms with E-state index < -0.39 is 11.9 Å². The summed E-state index contributed by atoms with van der Waals surface area (Å²) in [5, 5.41) is 11.4. The van der Waals surface area contributed by atoms with E-state index in [-0.39, 0.29) is 39.2 Å². The average molecular weight is 465 g/mol. The van der Waals surface area contributed by atoms with Gasteiger partial charge in [0.2, 0.25) is 0 Å². The number of fused-ring (bicyclic) bond motifs is 1. The van der Waals surface area contributed by atoms with E-state index in [9.17, 15) is 18.0 Å². The van der Waals surface area contributed by atoms with Crippen LogP contribution in [0.3, 0.4) is 0 Å². The molecule has 0 aliphatic rings. The molecule has 0 spiro atoms. The van der Waals surface area contributed by atoms with Gasteiger partial charge in [0, 0.05) is 37.4 Å². The number of nitrogens with zero attached hydrogens (tertiary/aromatic N) is 4. The molecule has 5 N–H and O–H groups in total. The zero-order chi connectivity index (χ0) is 22.9. The lowest BCUT2D eigenvalue weighted by atomic mass is 10.2. The Morgan fingerprint density at radius 1 is 1.28 bits per heavy atom. The molecule has 0 aliphatic heterocycles. The molecule has 0 unspecified atom stereocenters. The summed E-state index contributed by atoms with van der Waals surface area (Å²) in [4.78, 5) is 20.5. The molecular weight excluding hydrogens is 449 g/mol. The molecule has 0 atom stereocenters. The SMILES string of the molecule is NCCNC(=O)c1ccc(Nc2nccn3c(-c4c[nH]nc4C(F)(F)F)cnc23)cc1Cl. The summed E-state index contributed by atoms with van der Waals surface area (Å²) in [6.07, 6.45) is 0.759. The van der Waals surface area contributed by atoms with Gasteiger partial charge in [0.05, 0.1) is 28.0 Å². The third-order valence-corrected chi connectivity index (χ3v) is 4.83. The minimum Gasteiger partial charge on any atom is -0.351 e. The van der Waals surface area contributed by atoms with E-state index >= 15 is 0 Å². The zero-order valence-corrected chi connectivity index (χ0v) is 17.0. The molecule has 4 rings (SSSR count). The van der Waals surface area contributed by atoms with Crippen molar-refractivity contribution in [1.82, 2.24) is 29.9 Å². The van der Waals surface area contributed by atoms with Crippen molar-refractivity contribution in [2.75, 3.05) is 18.4 Å². The molecule has 32 heavy (non-hydrogen) atoms. The fraction of sp³-hybridized carbons (Fsp3) is 0.158. The summed E-state index contributed by atoms with van der Waals surface area (Å²) in [7, 11) is 0. The number of benzene rings is 1. The number of nitrogens with two attached hydrogens (primary N) is 1. The number of nitrogens with one attached hydrogen (secondary N) is 3. The van der Waals surface area contributed by atoms with Crippen molar-refractivity contribution >= 4 is 34.7 Å². The minimum absolute atomic E-state index is 0.141. The molecule has 0 aliphatic carbocycles. The van der Waals surface area contributed by atoms with Crippen LogP contribution in [0.5, 0.6) is 0 Å². The minimum atomic E-state index is -4.62. The Morgan fingerprint density at radius 3 is 2.81 bits per heavy atom. The standard InChI is InChI=1S/C19H16ClF3N8O/c20-13-7-10(1-2-11(13)18(32)26-4-3-24)29-16-17-27-9-14(31(17)6-5-25-16)12-8-28-30-15(12)19(21,22)23/h1-2,5-9H,3-4,24H2,(H,25,29)(H,26,32)(H,28,30). The molecule has 3 heterocycles. The van der Waals surface area contributed by atoms with Crippen molar-refractivity contribution in [3.63, 3.8) is 0 Å². The lowest BCUT2D eigenvalue weighted by molar-refractivity contribution is -0.140. The van der Waals surface area contributed by atoms with E-state index in [1.807, 2.05) is 0 Å². The van der Waals surface area contributed by atoms with Crippen molar-refractivity contribution in [2.45, 2.75) is 6.18 Å². The Kier molecular flexibility index (Phi) is 5.72. The number of hydrogen-bond donors (Lipinski definition) is 4. The highest BCUT2D eigenvalue weighted by molar-refractivity contribution is 6.34. The van der Waals surface area contributed by atoms with Crippen molar-refractivity contribution in [3.8, 4) is 11.3 Å². The summed E-state index contributed by atoms with van der Waals surface area (Å²) < 4.78 is 41.2. The molecule has 0 fully saturated rings. The van der Waals surface area contributed by atoms with Gasteiger partial charge in [0.1, 0.15) is 0 Å². The van der Waals surface area contributed by atoms with E-state index in [0.29, 0.717) is 18.8 Å². The molecule has 0 saturated carbocycles. The average Bonchev–Trinajstić information content (AvgIpc) is 3.39. The predicted molar refractivity (Wildman–Crippen MR) is 112 cm³/mol. The summed E-state index contributed by atoms with van der Waals surface area (Å²) in [6, 6.07) is 4.69. The molecule has 13 heteroatoms. The number of aromatic amines is 1. The molecule has 166 valence electrons. The first-order chi connectivity index (χ1) is 15.3. The fourth-order valence-electron chi connectivity index (χ4n) is 3.10. The maximum atomic E-state index is 13.3. The van der Waals surface area contributed by atoms with Crippen molar-refractivity contribution in [3.05, 3.63) is 59.3 Å². The summed E-state index contributed by atoms with van der Waals surface area (Å²) >= 11 is 6.23. The maximum absolute atomic E-state index is 13.3. The largest absolute Gasteiger partial charge is 0.435 e. The quantitative estimate of drug-likeness (QED) is 0.347. The van der Waals surface area contributed by atoms with E-state index in [4.69, 9.17) is 17.3 Å². The van der Waals surface area contributed by atoms with Gasteiger partial charge in [0.25, 0.3) is 5.91 Å². The molecule has 0 radical (unpaired) electrons. The number of alkyl halides is 3. The van der Waals surface area contributed by atoms with Crippen LogP contribution in [-0.4, -0.2) is 43.6 Å². The van der Waals surface area contributed by atoms with Crippen LogP contribution >= 0.6 is 11.6 Å². The normalized spacial score (nSPS) is 11.7. The molecule has 0 bridgehead atoms. The van der Waals surface area contributed by atoms with Crippen molar-refractivity contribution in [1.29, 1.82) is 0 Å². The van der Waals surface area contributed by atoms with Gasteiger partial charge in [0.15, 0.2) is 17.2 Å². The number of rotatable bonds is 6. The van der Waals surface area contributed by atoms with Gasteiger partial charge >= 0.3 is 6.18 Å². The van der Waals surface area contributed by atoms with Crippen LogP contribution in [0, 0.1) is 0 Å². The Bertz CT molecular complexity index is 1280. The van der Waals surface area contributed by atoms with E-state index in [0.717, 1.165) is 6.20 Å². The number of carbonyl (C=O) groups excluding carboxylic acids is 1. The van der Waals surface area contributed by atoms with Crippen LogP contribution in [0.15, 0.2) is 43.0 Å². The van der Waals surface area contributed by atoms with Gasteiger partial charge < -0.3 is 16.4 Å². The Labute approximate surface area is 183 Å². The van der Waals surface area contributed by atoms with Gasteiger partial charge in [-0.3, -0.25) is 14.3 Å². The van der Waals surface area contributed by atoms with Crippen LogP contribution in [0.1, 0.15) is 16.1 Å². The van der Waals surface area contributed by atoms with E-state index in [2.05, 4.69) is 30.8 Å². The number of imidazole rings is 1. The topological polar surface area (TPSA) is 126 Å². The summed E-state index contributed by atoms with van der Waals surface area (Å²) in [5.74, 6) is -0.0714. The van der Waals surface area contributed by atoms with Gasteiger partial charge in [-0.15, -0.1) is 0 Å². The highest BCUT2D eigenvalue weighted by Gasteiger charge is 2.37. The second kappa shape index (κ2) is 8.48. The monoisotopic (exact) mass is 464 g/mol. The highest BCUT2D eigenvalue weighted by Crippen LogP contribution is 2.36. The first kappa shape index (κ1) is 21.6. The first-order valence-corrected chi connectivity index (χ1v) is 9.65. The molecule has 4 aromatic rings. The third kappa shape index (κ3) is 4.09. The molecular formula is C19H16ClF3N8O. The summed E-state index contributed by atoms with van der Waals surface area (Å²) in [5.41, 5.74) is 5.46. The molecule has 1 amide bonds. The van der Waals surface area contributed by atoms with Gasteiger partial charge in [-0.25, -0.2) is 9.97 Å². The molecule has 9 nitrogen and oxygen atoms in total. The van der Waals surface area contributed by atoms with Gasteiger partial charge in [-0.2, -0.15) is 18.3 Å². The molecule has 0 saturated heterocycles. The smallest absolute Gasteiger partial charge is 0.351 e. The Balaban J connectivity index is 1.65. The van der Waals surface area contributed by atoms with E-state index in [1.54, 1.807) is 6.07 Å². The third-order valence-electron chi connectivity index (χ3n) is 4.52. The van der Waals surface area contributed by atoms with Crippen LogP contribution in [0.4, 0.5) is 24.7 Å².